The van der Waals surface area contributed by atoms with Gasteiger partial charge < -0.3 is 5.32 Å². The summed E-state index contributed by atoms with van der Waals surface area (Å²) in [6.07, 6.45) is 2.75. The summed E-state index contributed by atoms with van der Waals surface area (Å²) in [5.41, 5.74) is 1.07. The summed E-state index contributed by atoms with van der Waals surface area (Å²) in [5, 5.41) is 12.9. The van der Waals surface area contributed by atoms with E-state index in [4.69, 9.17) is 0 Å². The van der Waals surface area contributed by atoms with Crippen LogP contribution in [0.2, 0.25) is 0 Å². The fraction of sp³-hybridized carbons (Fsp3) is 0.500. The topological polar surface area (TPSA) is 84.0 Å². The molecule has 0 bridgehead atoms. The maximum absolute atomic E-state index is 11.6. The minimum atomic E-state index is -3.14. The molecular weight excluding hydrogens is 344 g/mol. The third-order valence-electron chi connectivity index (χ3n) is 3.50. The van der Waals surface area contributed by atoms with Crippen LogP contribution in [0, 0.1) is 0 Å². The van der Waals surface area contributed by atoms with E-state index < -0.39 is 10.0 Å². The monoisotopic (exact) mass is 368 g/mol. The molecule has 0 fully saturated rings. The van der Waals surface area contributed by atoms with Gasteiger partial charge in [-0.05, 0) is 26.7 Å². The summed E-state index contributed by atoms with van der Waals surface area (Å²) in [6.45, 7) is 4.66. The van der Waals surface area contributed by atoms with Crippen LogP contribution in [0.5, 0.6) is 0 Å². The molecule has 1 aromatic heterocycles. The predicted molar refractivity (Wildman–Crippen MR) is 99.7 cm³/mol. The van der Waals surface area contributed by atoms with Gasteiger partial charge in [0.15, 0.2) is 0 Å². The van der Waals surface area contributed by atoms with Crippen molar-refractivity contribution in [2.75, 3.05) is 18.4 Å². The normalized spacial score (nSPS) is 11.8. The van der Waals surface area contributed by atoms with Crippen molar-refractivity contribution in [2.24, 2.45) is 0 Å². The largest absolute Gasteiger partial charge is 0.360 e. The Bertz CT molecular complexity index is 715. The van der Waals surface area contributed by atoms with Crippen LogP contribution in [0.1, 0.15) is 33.1 Å². The van der Waals surface area contributed by atoms with Gasteiger partial charge in [0.1, 0.15) is 5.01 Å². The number of anilines is 1. The number of hydrogen-bond acceptors (Lipinski definition) is 6. The maximum Gasteiger partial charge on any atom is 0.213 e. The molecule has 0 aliphatic heterocycles. The van der Waals surface area contributed by atoms with Gasteiger partial charge in [0.25, 0.3) is 0 Å². The number of unbranched alkanes of at least 4 members (excludes halogenated alkanes) is 2. The molecule has 0 atom stereocenters. The van der Waals surface area contributed by atoms with Crippen molar-refractivity contribution < 1.29 is 8.42 Å². The van der Waals surface area contributed by atoms with Gasteiger partial charge in [-0.25, -0.2) is 13.1 Å². The Morgan fingerprint density at radius 2 is 1.75 bits per heavy atom. The number of sulfonamides is 1. The quantitative estimate of drug-likeness (QED) is 0.630. The smallest absolute Gasteiger partial charge is 0.213 e. The van der Waals surface area contributed by atoms with Crippen LogP contribution >= 0.6 is 11.3 Å². The fourth-order valence-electron chi connectivity index (χ4n) is 2.00. The summed E-state index contributed by atoms with van der Waals surface area (Å²) in [5.74, 6) is 0. The molecule has 6 nitrogen and oxygen atoms in total. The van der Waals surface area contributed by atoms with E-state index in [1.54, 1.807) is 13.8 Å². The number of benzene rings is 1. The molecule has 1 aromatic carbocycles. The average molecular weight is 369 g/mol. The van der Waals surface area contributed by atoms with E-state index in [2.05, 4.69) is 20.2 Å². The van der Waals surface area contributed by atoms with Crippen LogP contribution in [-0.4, -0.2) is 37.0 Å². The Kier molecular flexibility index (Phi) is 7.14. The molecule has 0 saturated carbocycles. The minimum absolute atomic E-state index is 0.379. The van der Waals surface area contributed by atoms with Crippen molar-refractivity contribution in [3.05, 3.63) is 30.3 Å². The van der Waals surface area contributed by atoms with E-state index in [9.17, 15) is 8.42 Å². The van der Waals surface area contributed by atoms with Crippen LogP contribution < -0.4 is 10.0 Å². The van der Waals surface area contributed by atoms with E-state index in [1.165, 1.54) is 11.3 Å². The molecule has 2 aromatic rings. The molecule has 0 radical (unpaired) electrons. The molecule has 0 aliphatic rings. The molecule has 132 valence electrons. The highest BCUT2D eigenvalue weighted by atomic mass is 32.2. The van der Waals surface area contributed by atoms with Gasteiger partial charge in [0.05, 0.1) is 5.25 Å². The second-order valence-electron chi connectivity index (χ2n) is 5.75. The second kappa shape index (κ2) is 9.10. The summed E-state index contributed by atoms with van der Waals surface area (Å²) in [6, 6.07) is 9.98. The molecule has 0 saturated heterocycles. The highest BCUT2D eigenvalue weighted by Gasteiger charge is 2.13. The number of rotatable bonds is 10. The third kappa shape index (κ3) is 5.85. The van der Waals surface area contributed by atoms with Crippen LogP contribution in [0.15, 0.2) is 30.3 Å². The second-order valence-corrected chi connectivity index (χ2v) is 9.05. The Hall–Kier alpha value is -1.51. The zero-order valence-corrected chi connectivity index (χ0v) is 15.7. The van der Waals surface area contributed by atoms with Gasteiger partial charge >= 0.3 is 0 Å². The highest BCUT2D eigenvalue weighted by molar-refractivity contribution is 7.90. The van der Waals surface area contributed by atoms with E-state index in [1.807, 2.05) is 30.3 Å². The van der Waals surface area contributed by atoms with Gasteiger partial charge in [-0.3, -0.25) is 0 Å². The van der Waals surface area contributed by atoms with Crippen molar-refractivity contribution >= 4 is 26.5 Å². The first-order chi connectivity index (χ1) is 11.5. The van der Waals surface area contributed by atoms with Crippen molar-refractivity contribution in [3.8, 4) is 10.6 Å². The SMILES string of the molecule is CC(C)S(=O)(=O)NCCCCCNc1nnc(-c2ccccc2)s1. The van der Waals surface area contributed by atoms with Crippen molar-refractivity contribution in [2.45, 2.75) is 38.4 Å². The molecule has 0 aliphatic carbocycles. The number of nitrogens with zero attached hydrogens (tertiary/aromatic N) is 2. The lowest BCUT2D eigenvalue weighted by Gasteiger charge is -2.09. The Balaban J connectivity index is 1.63. The van der Waals surface area contributed by atoms with E-state index in [0.29, 0.717) is 6.54 Å². The van der Waals surface area contributed by atoms with E-state index in [-0.39, 0.29) is 5.25 Å². The summed E-state index contributed by atoms with van der Waals surface area (Å²) in [4.78, 5) is 0. The van der Waals surface area contributed by atoms with Gasteiger partial charge in [-0.15, -0.1) is 10.2 Å². The van der Waals surface area contributed by atoms with Crippen LogP contribution in [0.25, 0.3) is 10.6 Å². The predicted octanol–water partition coefficient (Wildman–Crippen LogP) is 3.12. The van der Waals surface area contributed by atoms with E-state index >= 15 is 0 Å². The minimum Gasteiger partial charge on any atom is -0.360 e. The number of hydrogen-bond donors (Lipinski definition) is 2. The van der Waals surface area contributed by atoms with Gasteiger partial charge in [0, 0.05) is 18.7 Å². The summed E-state index contributed by atoms with van der Waals surface area (Å²) < 4.78 is 25.8. The Labute approximate surface area is 147 Å². The lowest BCUT2D eigenvalue weighted by atomic mass is 10.2. The third-order valence-corrected chi connectivity index (χ3v) is 6.28. The van der Waals surface area contributed by atoms with E-state index in [0.717, 1.165) is 41.5 Å². The molecular formula is C16H24N4O2S2. The van der Waals surface area contributed by atoms with Gasteiger partial charge in [-0.1, -0.05) is 48.1 Å². The van der Waals surface area contributed by atoms with Crippen LogP contribution in [-0.2, 0) is 10.0 Å². The molecule has 24 heavy (non-hydrogen) atoms. The first-order valence-corrected chi connectivity index (χ1v) is 10.5. The number of aromatic nitrogens is 2. The van der Waals surface area contributed by atoms with Gasteiger partial charge in [-0.2, -0.15) is 0 Å². The lowest BCUT2D eigenvalue weighted by molar-refractivity contribution is 0.566. The zero-order chi connectivity index (χ0) is 17.4. The summed E-state index contributed by atoms with van der Waals surface area (Å²) in [7, 11) is -3.14. The van der Waals surface area contributed by atoms with Gasteiger partial charge in [0.2, 0.25) is 15.2 Å². The zero-order valence-electron chi connectivity index (χ0n) is 14.0. The van der Waals surface area contributed by atoms with Crippen molar-refractivity contribution in [3.63, 3.8) is 0 Å². The Morgan fingerprint density at radius 3 is 2.46 bits per heavy atom. The molecule has 2 rings (SSSR count). The maximum atomic E-state index is 11.6. The van der Waals surface area contributed by atoms with Crippen LogP contribution in [0.4, 0.5) is 5.13 Å². The first kappa shape index (κ1) is 18.8. The van der Waals surface area contributed by atoms with Crippen molar-refractivity contribution in [1.82, 2.24) is 14.9 Å². The average Bonchev–Trinajstić information content (AvgIpc) is 3.03. The standard InChI is InChI=1S/C16H24N4O2S2/c1-13(2)24(21,22)18-12-8-4-7-11-17-16-20-19-15(23-16)14-9-5-3-6-10-14/h3,5-6,9-10,13,18H,4,7-8,11-12H2,1-2H3,(H,17,20). The fourth-order valence-corrected chi connectivity index (χ4v) is 3.53. The number of nitrogens with one attached hydrogen (secondary N) is 2. The Morgan fingerprint density at radius 1 is 1.04 bits per heavy atom. The molecule has 8 heteroatoms. The molecule has 2 N–H and O–H groups in total. The molecule has 0 spiro atoms. The molecule has 0 amide bonds. The summed E-state index contributed by atoms with van der Waals surface area (Å²) >= 11 is 1.54. The highest BCUT2D eigenvalue weighted by Crippen LogP contribution is 2.25. The van der Waals surface area contributed by atoms with Crippen LogP contribution in [0.3, 0.4) is 0 Å². The molecule has 0 unspecified atom stereocenters. The first-order valence-electron chi connectivity index (χ1n) is 8.10. The van der Waals surface area contributed by atoms with Crippen molar-refractivity contribution in [1.29, 1.82) is 0 Å². The molecule has 1 heterocycles. The lowest BCUT2D eigenvalue weighted by Crippen LogP contribution is -2.31.